The molecule has 1 fully saturated rings. The second-order valence-corrected chi connectivity index (χ2v) is 6.11. The molecule has 1 saturated heterocycles. The number of rotatable bonds is 6. The van der Waals surface area contributed by atoms with Crippen molar-refractivity contribution >= 4 is 5.91 Å². The van der Waals surface area contributed by atoms with E-state index in [1.54, 1.807) is 12.4 Å². The summed E-state index contributed by atoms with van der Waals surface area (Å²) >= 11 is 0. The summed E-state index contributed by atoms with van der Waals surface area (Å²) < 4.78 is 1.87. The zero-order valence-electron chi connectivity index (χ0n) is 13.6. The summed E-state index contributed by atoms with van der Waals surface area (Å²) in [5.41, 5.74) is 1.54. The molecule has 1 aliphatic heterocycles. The molecule has 1 unspecified atom stereocenters. The number of likely N-dealkylation sites (tertiary alicyclic amines) is 1. The highest BCUT2D eigenvalue weighted by molar-refractivity contribution is 5.93. The molecule has 0 aliphatic carbocycles. The molecule has 0 radical (unpaired) electrons. The van der Waals surface area contributed by atoms with Gasteiger partial charge in [-0.25, -0.2) is 0 Å². The Bertz CT molecular complexity index is 631. The lowest BCUT2D eigenvalue weighted by atomic mass is 10.2. The number of amides is 1. The van der Waals surface area contributed by atoms with E-state index in [4.69, 9.17) is 0 Å². The highest BCUT2D eigenvalue weighted by Gasteiger charge is 2.18. The van der Waals surface area contributed by atoms with E-state index in [0.717, 1.165) is 12.1 Å². The molecule has 1 amide bonds. The van der Waals surface area contributed by atoms with E-state index in [0.29, 0.717) is 18.3 Å². The fourth-order valence-corrected chi connectivity index (χ4v) is 3.14. The van der Waals surface area contributed by atoms with Gasteiger partial charge in [0.15, 0.2) is 0 Å². The molecule has 0 spiro atoms. The lowest BCUT2D eigenvalue weighted by Gasteiger charge is -2.23. The maximum atomic E-state index is 12.4. The highest BCUT2D eigenvalue weighted by Crippen LogP contribution is 2.14. The number of aromatic nitrogens is 2. The summed E-state index contributed by atoms with van der Waals surface area (Å²) in [5, 5.41) is 3.04. The third-order valence-electron chi connectivity index (χ3n) is 4.52. The van der Waals surface area contributed by atoms with Gasteiger partial charge in [0, 0.05) is 25.0 Å². The van der Waals surface area contributed by atoms with E-state index < -0.39 is 0 Å². The molecule has 23 heavy (non-hydrogen) atoms. The largest absolute Gasteiger partial charge is 0.351 e. The van der Waals surface area contributed by atoms with Crippen molar-refractivity contribution < 1.29 is 4.79 Å². The van der Waals surface area contributed by atoms with Crippen LogP contribution in [0, 0.1) is 0 Å². The number of hydrogen-bond acceptors (Lipinski definition) is 3. The molecular weight excluding hydrogens is 288 g/mol. The fraction of sp³-hybridized carbons (Fsp3) is 0.444. The molecule has 0 bridgehead atoms. The van der Waals surface area contributed by atoms with Crippen LogP contribution in [0.15, 0.2) is 42.9 Å². The Labute approximate surface area is 137 Å². The quantitative estimate of drug-likeness (QED) is 0.891. The van der Waals surface area contributed by atoms with Crippen LogP contribution in [0.3, 0.4) is 0 Å². The lowest BCUT2D eigenvalue weighted by molar-refractivity contribution is 0.0942. The Morgan fingerprint density at radius 2 is 2.13 bits per heavy atom. The highest BCUT2D eigenvalue weighted by atomic mass is 16.1. The number of hydrogen-bond donors (Lipinski definition) is 1. The average Bonchev–Trinajstić information content (AvgIpc) is 3.27. The Morgan fingerprint density at radius 1 is 1.30 bits per heavy atom. The van der Waals surface area contributed by atoms with Crippen molar-refractivity contribution in [3.8, 4) is 5.69 Å². The van der Waals surface area contributed by atoms with Crippen molar-refractivity contribution in [3.63, 3.8) is 0 Å². The number of carbonyl (C=O) groups is 1. The monoisotopic (exact) mass is 312 g/mol. The molecule has 122 valence electrons. The van der Waals surface area contributed by atoms with Crippen molar-refractivity contribution in [1.29, 1.82) is 0 Å². The minimum Gasteiger partial charge on any atom is -0.351 e. The summed E-state index contributed by atoms with van der Waals surface area (Å²) in [4.78, 5) is 19.1. The maximum Gasteiger partial charge on any atom is 0.268 e. The molecule has 3 heterocycles. The lowest BCUT2D eigenvalue weighted by Crippen LogP contribution is -2.35. The third-order valence-corrected chi connectivity index (χ3v) is 4.52. The van der Waals surface area contributed by atoms with Gasteiger partial charge < -0.3 is 14.8 Å². The van der Waals surface area contributed by atoms with Gasteiger partial charge in [-0.15, -0.1) is 0 Å². The first-order valence-corrected chi connectivity index (χ1v) is 8.36. The smallest absolute Gasteiger partial charge is 0.268 e. The summed E-state index contributed by atoms with van der Waals surface area (Å²) in [6.45, 7) is 5.34. The zero-order chi connectivity index (χ0) is 16.1. The van der Waals surface area contributed by atoms with Gasteiger partial charge in [0.1, 0.15) is 5.69 Å². The van der Waals surface area contributed by atoms with Gasteiger partial charge in [-0.3, -0.25) is 9.78 Å². The van der Waals surface area contributed by atoms with Crippen LogP contribution >= 0.6 is 0 Å². The van der Waals surface area contributed by atoms with Crippen molar-refractivity contribution in [2.45, 2.75) is 32.2 Å². The van der Waals surface area contributed by atoms with Crippen LogP contribution in [0.2, 0.25) is 0 Å². The van der Waals surface area contributed by atoms with Crippen LogP contribution in [0.25, 0.3) is 5.69 Å². The van der Waals surface area contributed by atoms with Crippen LogP contribution in [0.4, 0.5) is 0 Å². The zero-order valence-corrected chi connectivity index (χ0v) is 13.6. The number of carbonyl (C=O) groups excluding carboxylic acids is 1. The van der Waals surface area contributed by atoms with Crippen molar-refractivity contribution in [1.82, 2.24) is 19.8 Å². The van der Waals surface area contributed by atoms with Crippen molar-refractivity contribution in [3.05, 3.63) is 48.5 Å². The number of nitrogens with one attached hydrogen (secondary N) is 1. The van der Waals surface area contributed by atoms with E-state index in [2.05, 4.69) is 22.1 Å². The van der Waals surface area contributed by atoms with Crippen LogP contribution in [0.5, 0.6) is 0 Å². The summed E-state index contributed by atoms with van der Waals surface area (Å²) in [7, 11) is 0. The molecule has 1 N–H and O–H groups in total. The van der Waals surface area contributed by atoms with Crippen LogP contribution in [-0.2, 0) is 0 Å². The van der Waals surface area contributed by atoms with Gasteiger partial charge in [0.25, 0.3) is 5.91 Å². The number of pyridine rings is 1. The molecule has 3 rings (SSSR count). The Hall–Kier alpha value is -2.14. The average molecular weight is 312 g/mol. The normalized spacial score (nSPS) is 16.4. The Balaban J connectivity index is 1.56. The number of nitrogens with zero attached hydrogens (tertiary/aromatic N) is 3. The predicted octanol–water partition coefficient (Wildman–Crippen LogP) is 2.48. The fourth-order valence-electron chi connectivity index (χ4n) is 3.14. The van der Waals surface area contributed by atoms with Gasteiger partial charge in [-0.1, -0.05) is 0 Å². The molecule has 0 saturated carbocycles. The molecule has 2 aromatic rings. The minimum absolute atomic E-state index is 0.0347. The summed E-state index contributed by atoms with van der Waals surface area (Å²) in [5.74, 6) is -0.0347. The van der Waals surface area contributed by atoms with Crippen LogP contribution < -0.4 is 5.32 Å². The van der Waals surface area contributed by atoms with Gasteiger partial charge >= 0.3 is 0 Å². The van der Waals surface area contributed by atoms with Crippen LogP contribution in [0.1, 0.15) is 36.7 Å². The molecule has 1 atom stereocenters. The molecule has 1 aliphatic rings. The summed E-state index contributed by atoms with van der Waals surface area (Å²) in [6, 6.07) is 8.07. The molecular formula is C18H24N4O. The van der Waals surface area contributed by atoms with Gasteiger partial charge in [0.2, 0.25) is 0 Å². The maximum absolute atomic E-state index is 12.4. The van der Waals surface area contributed by atoms with Gasteiger partial charge in [0.05, 0.1) is 11.9 Å². The first kappa shape index (κ1) is 15.7. The predicted molar refractivity (Wildman–Crippen MR) is 90.8 cm³/mol. The molecule has 5 nitrogen and oxygen atoms in total. The minimum atomic E-state index is -0.0347. The summed E-state index contributed by atoms with van der Waals surface area (Å²) in [6.07, 6.45) is 8.96. The topological polar surface area (TPSA) is 50.2 Å². The first-order chi connectivity index (χ1) is 11.3. The SMILES string of the molecule is CC(CCNC(=O)c1cccn1-c1cccnc1)N1CCCC1. The third kappa shape index (κ3) is 3.79. The van der Waals surface area contributed by atoms with E-state index in [1.807, 2.05) is 35.0 Å². The first-order valence-electron chi connectivity index (χ1n) is 8.36. The Morgan fingerprint density at radius 3 is 2.87 bits per heavy atom. The van der Waals surface area contributed by atoms with E-state index in [9.17, 15) is 4.79 Å². The second kappa shape index (κ2) is 7.42. The van der Waals surface area contributed by atoms with Gasteiger partial charge in [-0.2, -0.15) is 0 Å². The van der Waals surface area contributed by atoms with Gasteiger partial charge in [-0.05, 0) is 63.5 Å². The van der Waals surface area contributed by atoms with E-state index >= 15 is 0 Å². The molecule has 0 aromatic carbocycles. The molecule has 5 heteroatoms. The van der Waals surface area contributed by atoms with Crippen molar-refractivity contribution in [2.24, 2.45) is 0 Å². The Kier molecular flexibility index (Phi) is 5.08. The van der Waals surface area contributed by atoms with E-state index in [1.165, 1.54) is 25.9 Å². The van der Waals surface area contributed by atoms with E-state index in [-0.39, 0.29) is 5.91 Å². The molecule has 2 aromatic heterocycles. The second-order valence-electron chi connectivity index (χ2n) is 6.11. The van der Waals surface area contributed by atoms with Crippen molar-refractivity contribution in [2.75, 3.05) is 19.6 Å². The van der Waals surface area contributed by atoms with Crippen LogP contribution in [-0.4, -0.2) is 46.0 Å². The standard InChI is InChI=1S/C18H24N4O/c1-15(21-11-2-3-12-21)8-10-20-18(23)17-7-5-13-22(17)16-6-4-9-19-14-16/h4-7,9,13-15H,2-3,8,10-12H2,1H3,(H,20,23).